The van der Waals surface area contributed by atoms with E-state index >= 15 is 0 Å². The van der Waals surface area contributed by atoms with Crippen molar-refractivity contribution < 1.29 is 0 Å². The summed E-state index contributed by atoms with van der Waals surface area (Å²) < 4.78 is 0. The molecule has 0 saturated heterocycles. The molecule has 0 bridgehead atoms. The largest absolute Gasteiger partial charge is 0.228 e. The molecule has 0 radical (unpaired) electrons. The average Bonchev–Trinajstić information content (AvgIpc) is 3.52. The maximum Gasteiger partial charge on any atom is 0.160 e. The summed E-state index contributed by atoms with van der Waals surface area (Å²) in [5.41, 5.74) is 15.0. The highest BCUT2D eigenvalue weighted by molar-refractivity contribution is 6.07. The Morgan fingerprint density at radius 1 is 0.316 bits per heavy atom. The van der Waals surface area contributed by atoms with E-state index in [0.717, 1.165) is 44.6 Å². The van der Waals surface area contributed by atoms with E-state index < -0.39 is 0 Å². The number of hydrogen-bond acceptors (Lipinski definition) is 2. The summed E-state index contributed by atoms with van der Waals surface area (Å²) in [5.74, 6) is 0.706. The van der Waals surface area contributed by atoms with Crippen LogP contribution in [0.15, 0.2) is 194 Å². The number of fused-ring (bicyclic) bond motifs is 7. The third kappa shape index (κ3) is 5.33. The van der Waals surface area contributed by atoms with Crippen molar-refractivity contribution in [2.75, 3.05) is 0 Å². The standard InChI is InChI=1S/C55H38N2/c1-55(2)52-41-21-9-8-16-36(41)29-30-49(52)48-26-14-25-47(53(48)55)44-31-32-46(43-23-12-11-22-42(43)44)51-34-50(56-54(57-51)37-17-4-3-5-18-37)45-24-13-10-20-40(45)39-28-27-35-15-6-7-19-38(35)33-39/h3-34H,1-2H3. The van der Waals surface area contributed by atoms with E-state index in [1.54, 1.807) is 0 Å². The van der Waals surface area contributed by atoms with Crippen molar-refractivity contribution >= 4 is 32.3 Å². The minimum Gasteiger partial charge on any atom is -0.228 e. The molecule has 0 amide bonds. The van der Waals surface area contributed by atoms with Crippen LogP contribution in [0.4, 0.5) is 0 Å². The van der Waals surface area contributed by atoms with Crippen molar-refractivity contribution in [3.05, 3.63) is 205 Å². The van der Waals surface area contributed by atoms with Gasteiger partial charge in [0.1, 0.15) is 0 Å². The molecule has 0 spiro atoms. The molecule has 1 aliphatic carbocycles. The fourth-order valence-corrected chi connectivity index (χ4v) is 9.48. The summed E-state index contributed by atoms with van der Waals surface area (Å²) in [6.45, 7) is 4.79. The molecular formula is C55H38N2. The lowest BCUT2D eigenvalue weighted by Crippen LogP contribution is -2.17. The third-order valence-electron chi connectivity index (χ3n) is 12.0. The van der Waals surface area contributed by atoms with Gasteiger partial charge in [-0.15, -0.1) is 0 Å². The highest BCUT2D eigenvalue weighted by Crippen LogP contribution is 2.55. The monoisotopic (exact) mass is 726 g/mol. The van der Waals surface area contributed by atoms with E-state index in [1.807, 2.05) is 6.07 Å². The van der Waals surface area contributed by atoms with E-state index in [0.29, 0.717) is 5.82 Å². The van der Waals surface area contributed by atoms with Crippen molar-refractivity contribution in [3.63, 3.8) is 0 Å². The van der Waals surface area contributed by atoms with Crippen LogP contribution in [0.25, 0.3) is 99.6 Å². The second-order valence-corrected chi connectivity index (χ2v) is 15.7. The van der Waals surface area contributed by atoms with Gasteiger partial charge in [-0.05, 0) is 89.0 Å². The van der Waals surface area contributed by atoms with Crippen LogP contribution >= 0.6 is 0 Å². The zero-order valence-electron chi connectivity index (χ0n) is 31.9. The predicted molar refractivity (Wildman–Crippen MR) is 239 cm³/mol. The van der Waals surface area contributed by atoms with Crippen LogP contribution < -0.4 is 0 Å². The Hall–Kier alpha value is -7.16. The lowest BCUT2D eigenvalue weighted by Gasteiger charge is -2.26. The lowest BCUT2D eigenvalue weighted by molar-refractivity contribution is 0.668. The van der Waals surface area contributed by atoms with E-state index in [1.165, 1.54) is 60.3 Å². The molecular weight excluding hydrogens is 689 g/mol. The first-order valence-electron chi connectivity index (χ1n) is 19.7. The molecule has 0 N–H and O–H groups in total. The molecule has 1 heterocycles. The molecule has 268 valence electrons. The Kier molecular flexibility index (Phi) is 7.55. The fraction of sp³-hybridized carbons (Fsp3) is 0.0545. The van der Waals surface area contributed by atoms with Crippen molar-refractivity contribution in [1.29, 1.82) is 0 Å². The first-order valence-corrected chi connectivity index (χ1v) is 19.7. The van der Waals surface area contributed by atoms with Gasteiger partial charge >= 0.3 is 0 Å². The molecule has 2 nitrogen and oxygen atoms in total. The van der Waals surface area contributed by atoms with Gasteiger partial charge in [-0.25, -0.2) is 9.97 Å². The smallest absolute Gasteiger partial charge is 0.160 e. The van der Waals surface area contributed by atoms with Crippen LogP contribution in [0.1, 0.15) is 25.0 Å². The van der Waals surface area contributed by atoms with Crippen LogP contribution in [-0.4, -0.2) is 9.97 Å². The zero-order valence-corrected chi connectivity index (χ0v) is 31.9. The van der Waals surface area contributed by atoms with Gasteiger partial charge in [-0.2, -0.15) is 0 Å². The lowest BCUT2D eigenvalue weighted by atomic mass is 9.77. The van der Waals surface area contributed by atoms with Crippen molar-refractivity contribution in [3.8, 4) is 67.3 Å². The van der Waals surface area contributed by atoms with Crippen LogP contribution in [0.5, 0.6) is 0 Å². The van der Waals surface area contributed by atoms with Crippen molar-refractivity contribution in [1.82, 2.24) is 9.97 Å². The molecule has 0 saturated carbocycles. The van der Waals surface area contributed by atoms with Crippen LogP contribution in [0, 0.1) is 0 Å². The van der Waals surface area contributed by atoms with Gasteiger partial charge in [0, 0.05) is 22.1 Å². The summed E-state index contributed by atoms with van der Waals surface area (Å²) in [4.78, 5) is 10.6. The van der Waals surface area contributed by atoms with E-state index in [2.05, 4.69) is 202 Å². The molecule has 9 aromatic carbocycles. The van der Waals surface area contributed by atoms with E-state index in [9.17, 15) is 0 Å². The summed E-state index contributed by atoms with van der Waals surface area (Å²) in [6.07, 6.45) is 0. The number of benzene rings is 9. The average molecular weight is 727 g/mol. The zero-order chi connectivity index (χ0) is 38.1. The summed E-state index contributed by atoms with van der Waals surface area (Å²) in [6, 6.07) is 70.0. The van der Waals surface area contributed by atoms with E-state index in [4.69, 9.17) is 9.97 Å². The Balaban J connectivity index is 1.10. The Bertz CT molecular complexity index is 3210. The van der Waals surface area contributed by atoms with Crippen molar-refractivity contribution in [2.24, 2.45) is 0 Å². The number of nitrogens with zero attached hydrogens (tertiary/aromatic N) is 2. The Labute approximate surface area is 332 Å². The minimum atomic E-state index is -0.188. The predicted octanol–water partition coefficient (Wildman–Crippen LogP) is 14.6. The maximum atomic E-state index is 5.32. The van der Waals surface area contributed by atoms with Gasteiger partial charge < -0.3 is 0 Å². The molecule has 0 unspecified atom stereocenters. The fourth-order valence-electron chi connectivity index (χ4n) is 9.48. The first-order chi connectivity index (χ1) is 28.0. The van der Waals surface area contributed by atoms with Gasteiger partial charge in [-0.1, -0.05) is 196 Å². The summed E-state index contributed by atoms with van der Waals surface area (Å²) in [5, 5.41) is 7.43. The third-order valence-corrected chi connectivity index (χ3v) is 12.0. The normalized spacial score (nSPS) is 12.9. The molecule has 1 aliphatic rings. The second kappa shape index (κ2) is 13.0. The summed E-state index contributed by atoms with van der Waals surface area (Å²) >= 11 is 0. The number of aromatic nitrogens is 2. The second-order valence-electron chi connectivity index (χ2n) is 15.7. The topological polar surface area (TPSA) is 25.8 Å². The van der Waals surface area contributed by atoms with Gasteiger partial charge in [0.2, 0.25) is 0 Å². The van der Waals surface area contributed by atoms with Crippen LogP contribution in [-0.2, 0) is 5.41 Å². The molecule has 57 heavy (non-hydrogen) atoms. The van der Waals surface area contributed by atoms with Crippen molar-refractivity contribution in [2.45, 2.75) is 19.3 Å². The molecule has 2 heteroatoms. The molecule has 11 rings (SSSR count). The highest BCUT2D eigenvalue weighted by Gasteiger charge is 2.39. The van der Waals surface area contributed by atoms with Crippen LogP contribution in [0.2, 0.25) is 0 Å². The SMILES string of the molecule is CC1(C)c2c(cccc2-c2ccc(-c3cc(-c4ccccc4-c4ccc5ccccc5c4)nc(-c4ccccc4)n3)c3ccccc23)-c2ccc3ccccc3c21. The quantitative estimate of drug-likeness (QED) is 0.176. The maximum absolute atomic E-state index is 5.32. The highest BCUT2D eigenvalue weighted by atomic mass is 14.9. The van der Waals surface area contributed by atoms with Gasteiger partial charge in [-0.3, -0.25) is 0 Å². The molecule has 0 atom stereocenters. The Morgan fingerprint density at radius 3 is 1.63 bits per heavy atom. The van der Waals surface area contributed by atoms with Crippen LogP contribution in [0.3, 0.4) is 0 Å². The minimum absolute atomic E-state index is 0.188. The summed E-state index contributed by atoms with van der Waals surface area (Å²) in [7, 11) is 0. The van der Waals surface area contributed by atoms with Gasteiger partial charge in [0.25, 0.3) is 0 Å². The molecule has 0 aliphatic heterocycles. The van der Waals surface area contributed by atoms with Gasteiger partial charge in [0.15, 0.2) is 5.82 Å². The Morgan fingerprint density at radius 2 is 0.842 bits per heavy atom. The number of hydrogen-bond donors (Lipinski definition) is 0. The van der Waals surface area contributed by atoms with E-state index in [-0.39, 0.29) is 5.41 Å². The first kappa shape index (κ1) is 33.2. The molecule has 1 aromatic heterocycles. The number of rotatable bonds is 5. The molecule has 10 aromatic rings. The van der Waals surface area contributed by atoms with Gasteiger partial charge in [0.05, 0.1) is 11.4 Å². The molecule has 0 fully saturated rings.